The van der Waals surface area contributed by atoms with Gasteiger partial charge in [-0.05, 0) is 44.9 Å². The maximum atomic E-state index is 11.2. The van der Waals surface area contributed by atoms with Crippen LogP contribution in [0.25, 0.3) is 0 Å². The summed E-state index contributed by atoms with van der Waals surface area (Å²) >= 11 is 0. The fraction of sp³-hybridized carbons (Fsp3) is 0.500. The van der Waals surface area contributed by atoms with Crippen molar-refractivity contribution < 1.29 is 9.53 Å². The van der Waals surface area contributed by atoms with Crippen LogP contribution in [0.4, 0.5) is 11.4 Å². The van der Waals surface area contributed by atoms with E-state index in [1.165, 1.54) is 0 Å². The van der Waals surface area contributed by atoms with Crippen LogP contribution in [0.1, 0.15) is 37.0 Å². The Labute approximate surface area is 114 Å². The topological polar surface area (TPSA) is 90.4 Å². The fourth-order valence-corrected chi connectivity index (χ4v) is 1.66. The van der Waals surface area contributed by atoms with Crippen LogP contribution >= 0.6 is 0 Å². The van der Waals surface area contributed by atoms with Gasteiger partial charge in [0.2, 0.25) is 0 Å². The highest BCUT2D eigenvalue weighted by atomic mass is 16.5. The molecule has 0 atom stereocenters. The van der Waals surface area contributed by atoms with E-state index in [0.29, 0.717) is 11.3 Å². The first-order chi connectivity index (χ1) is 9.00. The zero-order valence-corrected chi connectivity index (χ0v) is 11.6. The van der Waals surface area contributed by atoms with Crippen LogP contribution in [0.2, 0.25) is 0 Å². The Morgan fingerprint density at radius 1 is 1.37 bits per heavy atom. The van der Waals surface area contributed by atoms with Crippen LogP contribution in [-0.2, 0) is 4.74 Å². The molecule has 0 spiro atoms. The molecule has 5 heteroatoms. The minimum Gasteiger partial charge on any atom is -0.398 e. The van der Waals surface area contributed by atoms with Crippen LogP contribution < -0.4 is 16.8 Å². The standard InChI is InChI=1S/C14H23N3O2/c1-10(2)19-8-4-3-7-17-11-5-6-13(15)12(9-11)14(16)18/h5-6,9-10,17H,3-4,7-8,15H2,1-2H3,(H2,16,18). The molecule has 0 aliphatic rings. The second-order valence-electron chi connectivity index (χ2n) is 4.72. The van der Waals surface area contributed by atoms with E-state index in [4.69, 9.17) is 16.2 Å². The van der Waals surface area contributed by atoms with Crippen molar-refractivity contribution in [1.82, 2.24) is 0 Å². The van der Waals surface area contributed by atoms with Crippen LogP contribution in [0, 0.1) is 0 Å². The van der Waals surface area contributed by atoms with Gasteiger partial charge < -0.3 is 21.5 Å². The van der Waals surface area contributed by atoms with E-state index in [1.54, 1.807) is 12.1 Å². The normalized spacial score (nSPS) is 10.7. The zero-order valence-electron chi connectivity index (χ0n) is 11.6. The molecule has 5 nitrogen and oxygen atoms in total. The average Bonchev–Trinajstić information content (AvgIpc) is 2.34. The summed E-state index contributed by atoms with van der Waals surface area (Å²) in [6, 6.07) is 5.21. The van der Waals surface area contributed by atoms with Crippen molar-refractivity contribution in [2.45, 2.75) is 32.8 Å². The SMILES string of the molecule is CC(C)OCCCCNc1ccc(N)c(C(N)=O)c1. The molecule has 5 N–H and O–H groups in total. The molecule has 1 aromatic rings. The largest absolute Gasteiger partial charge is 0.398 e. The van der Waals surface area contributed by atoms with Crippen molar-refractivity contribution in [1.29, 1.82) is 0 Å². The average molecular weight is 265 g/mol. The number of nitrogen functional groups attached to an aromatic ring is 1. The number of nitrogens with one attached hydrogen (secondary N) is 1. The molecule has 0 bridgehead atoms. The Balaban J connectivity index is 2.34. The molecule has 0 heterocycles. The summed E-state index contributed by atoms with van der Waals surface area (Å²) in [7, 11) is 0. The van der Waals surface area contributed by atoms with E-state index >= 15 is 0 Å². The van der Waals surface area contributed by atoms with E-state index in [0.717, 1.165) is 31.7 Å². The van der Waals surface area contributed by atoms with E-state index in [2.05, 4.69) is 5.32 Å². The second kappa shape index (κ2) is 7.63. The van der Waals surface area contributed by atoms with E-state index in [9.17, 15) is 4.79 Å². The molecule has 0 saturated carbocycles. The number of unbranched alkanes of at least 4 members (excludes halogenated alkanes) is 1. The van der Waals surface area contributed by atoms with Crippen LogP contribution in [0.5, 0.6) is 0 Å². The van der Waals surface area contributed by atoms with Crippen molar-refractivity contribution >= 4 is 17.3 Å². The number of hydrogen-bond acceptors (Lipinski definition) is 4. The van der Waals surface area contributed by atoms with Gasteiger partial charge in [0.05, 0.1) is 11.7 Å². The van der Waals surface area contributed by atoms with E-state index in [-0.39, 0.29) is 6.10 Å². The highest BCUT2D eigenvalue weighted by molar-refractivity contribution is 5.98. The Bertz CT molecular complexity index is 419. The number of primary amides is 1. The van der Waals surface area contributed by atoms with Gasteiger partial charge in [-0.15, -0.1) is 0 Å². The molecule has 0 aliphatic carbocycles. The maximum Gasteiger partial charge on any atom is 0.250 e. The molecule has 1 amide bonds. The van der Waals surface area contributed by atoms with Crippen molar-refractivity contribution in [3.8, 4) is 0 Å². The van der Waals surface area contributed by atoms with Gasteiger partial charge in [0.15, 0.2) is 0 Å². The molecule has 1 rings (SSSR count). The Kier molecular flexibility index (Phi) is 6.15. The van der Waals surface area contributed by atoms with Gasteiger partial charge in [-0.2, -0.15) is 0 Å². The van der Waals surface area contributed by atoms with Gasteiger partial charge in [-0.1, -0.05) is 0 Å². The van der Waals surface area contributed by atoms with Gasteiger partial charge in [0.1, 0.15) is 0 Å². The molecule has 0 saturated heterocycles. The highest BCUT2D eigenvalue weighted by Gasteiger charge is 2.06. The molecule has 0 aromatic heterocycles. The number of rotatable bonds is 8. The van der Waals surface area contributed by atoms with Gasteiger partial charge >= 0.3 is 0 Å². The molecule has 106 valence electrons. The van der Waals surface area contributed by atoms with Gasteiger partial charge in [-0.25, -0.2) is 0 Å². The van der Waals surface area contributed by atoms with Gasteiger partial charge in [0, 0.05) is 24.5 Å². The summed E-state index contributed by atoms with van der Waals surface area (Å²) in [6.07, 6.45) is 2.29. The third-order valence-electron chi connectivity index (χ3n) is 2.67. The number of ether oxygens (including phenoxy) is 1. The van der Waals surface area contributed by atoms with Crippen molar-refractivity contribution in [2.24, 2.45) is 5.73 Å². The number of carbonyl (C=O) groups is 1. The molecule has 1 aromatic carbocycles. The van der Waals surface area contributed by atoms with E-state index < -0.39 is 5.91 Å². The first-order valence-corrected chi connectivity index (χ1v) is 6.55. The van der Waals surface area contributed by atoms with Crippen LogP contribution in [0.3, 0.4) is 0 Å². The molecule has 0 unspecified atom stereocenters. The summed E-state index contributed by atoms with van der Waals surface area (Å²) < 4.78 is 5.45. The lowest BCUT2D eigenvalue weighted by Crippen LogP contribution is -2.14. The van der Waals surface area contributed by atoms with E-state index in [1.807, 2.05) is 19.9 Å². The van der Waals surface area contributed by atoms with Gasteiger partial charge in [0.25, 0.3) is 5.91 Å². The summed E-state index contributed by atoms with van der Waals surface area (Å²) in [4.78, 5) is 11.2. The third-order valence-corrected chi connectivity index (χ3v) is 2.67. The fourth-order valence-electron chi connectivity index (χ4n) is 1.66. The second-order valence-corrected chi connectivity index (χ2v) is 4.72. The number of hydrogen-bond donors (Lipinski definition) is 3. The summed E-state index contributed by atoms with van der Waals surface area (Å²) in [5.74, 6) is -0.508. The molecule has 0 aliphatic heterocycles. The summed E-state index contributed by atoms with van der Waals surface area (Å²) in [5, 5.41) is 3.24. The number of carbonyl (C=O) groups excluding carboxylic acids is 1. The first kappa shape index (κ1) is 15.3. The lowest BCUT2D eigenvalue weighted by atomic mass is 10.1. The Hall–Kier alpha value is -1.75. The summed E-state index contributed by atoms with van der Waals surface area (Å²) in [5.41, 5.74) is 12.5. The first-order valence-electron chi connectivity index (χ1n) is 6.55. The third kappa shape index (κ3) is 5.61. The lowest BCUT2D eigenvalue weighted by Gasteiger charge is -2.10. The minimum atomic E-state index is -0.508. The Morgan fingerprint density at radius 3 is 2.74 bits per heavy atom. The maximum absolute atomic E-state index is 11.2. The molecular weight excluding hydrogens is 242 g/mol. The summed E-state index contributed by atoms with van der Waals surface area (Å²) in [6.45, 7) is 5.65. The highest BCUT2D eigenvalue weighted by Crippen LogP contribution is 2.17. The van der Waals surface area contributed by atoms with Crippen LogP contribution in [0.15, 0.2) is 18.2 Å². The monoisotopic (exact) mass is 265 g/mol. The Morgan fingerprint density at radius 2 is 2.11 bits per heavy atom. The van der Waals surface area contributed by atoms with Crippen LogP contribution in [-0.4, -0.2) is 25.2 Å². The quantitative estimate of drug-likeness (QED) is 0.495. The van der Waals surface area contributed by atoms with Crippen molar-refractivity contribution in [2.75, 3.05) is 24.2 Å². The zero-order chi connectivity index (χ0) is 14.3. The lowest BCUT2D eigenvalue weighted by molar-refractivity contribution is 0.0765. The van der Waals surface area contributed by atoms with Crippen molar-refractivity contribution in [3.63, 3.8) is 0 Å². The number of benzene rings is 1. The molecule has 0 fully saturated rings. The number of nitrogens with two attached hydrogens (primary N) is 2. The van der Waals surface area contributed by atoms with Gasteiger partial charge in [-0.3, -0.25) is 4.79 Å². The molecule has 19 heavy (non-hydrogen) atoms. The molecular formula is C14H23N3O2. The van der Waals surface area contributed by atoms with Crippen molar-refractivity contribution in [3.05, 3.63) is 23.8 Å². The predicted octanol–water partition coefficient (Wildman–Crippen LogP) is 1.98. The smallest absolute Gasteiger partial charge is 0.250 e. The minimum absolute atomic E-state index is 0.281. The number of anilines is 2. The molecule has 0 radical (unpaired) electrons. The predicted molar refractivity (Wildman–Crippen MR) is 78.2 cm³/mol. The number of amides is 1.